The number of ether oxygens (including phenoxy) is 1. The van der Waals surface area contributed by atoms with Gasteiger partial charge in [-0.25, -0.2) is 4.79 Å². The van der Waals surface area contributed by atoms with Crippen molar-refractivity contribution in [3.63, 3.8) is 0 Å². The number of hydrogen-bond donors (Lipinski definition) is 0. The standard InChI is InChI=1S/C16H27N3O2S3/c1-2-21-15(20)18-7-5-13(6-8-18)19-11-17(12-24-16(19)22)10-14-4-3-9-23-14/h13-14H,2-12H2,1H3. The van der Waals surface area contributed by atoms with Gasteiger partial charge in [-0.15, -0.1) is 0 Å². The van der Waals surface area contributed by atoms with Crippen molar-refractivity contribution in [2.24, 2.45) is 0 Å². The molecular weight excluding hydrogens is 362 g/mol. The fourth-order valence-corrected chi connectivity index (χ4v) is 6.10. The molecule has 5 nitrogen and oxygen atoms in total. The van der Waals surface area contributed by atoms with Crippen molar-refractivity contribution in [3.05, 3.63) is 0 Å². The Bertz CT molecular complexity index is 452. The molecule has 136 valence electrons. The lowest BCUT2D eigenvalue weighted by Crippen LogP contribution is -2.54. The number of piperidine rings is 1. The minimum atomic E-state index is -0.175. The van der Waals surface area contributed by atoms with Crippen molar-refractivity contribution in [3.8, 4) is 0 Å². The molecule has 3 aliphatic heterocycles. The van der Waals surface area contributed by atoms with E-state index in [1.54, 1.807) is 11.8 Å². The van der Waals surface area contributed by atoms with E-state index < -0.39 is 0 Å². The van der Waals surface area contributed by atoms with Crippen LogP contribution in [0.5, 0.6) is 0 Å². The van der Waals surface area contributed by atoms with Gasteiger partial charge < -0.3 is 14.5 Å². The van der Waals surface area contributed by atoms with Crippen LogP contribution in [0, 0.1) is 0 Å². The number of likely N-dealkylation sites (tertiary alicyclic amines) is 1. The van der Waals surface area contributed by atoms with E-state index in [-0.39, 0.29) is 6.09 Å². The van der Waals surface area contributed by atoms with Crippen LogP contribution in [0.4, 0.5) is 4.79 Å². The Morgan fingerprint density at radius 2 is 2.12 bits per heavy atom. The normalized spacial score (nSPS) is 26.9. The van der Waals surface area contributed by atoms with Crippen molar-refractivity contribution in [2.45, 2.75) is 43.9 Å². The van der Waals surface area contributed by atoms with E-state index in [9.17, 15) is 4.79 Å². The SMILES string of the molecule is CCOC(=O)N1CCC(N2CN(CC3CCCS3)CSC2=S)CC1. The summed E-state index contributed by atoms with van der Waals surface area (Å²) in [5, 5.41) is 0.796. The minimum absolute atomic E-state index is 0.175. The summed E-state index contributed by atoms with van der Waals surface area (Å²) in [4.78, 5) is 18.6. The van der Waals surface area contributed by atoms with Crippen LogP contribution in [0.15, 0.2) is 0 Å². The highest BCUT2D eigenvalue weighted by Crippen LogP contribution is 2.30. The number of nitrogens with zero attached hydrogens (tertiary/aromatic N) is 3. The molecule has 0 aromatic rings. The molecule has 0 aromatic carbocycles. The van der Waals surface area contributed by atoms with Gasteiger partial charge >= 0.3 is 6.09 Å². The number of thioether (sulfide) groups is 2. The summed E-state index contributed by atoms with van der Waals surface area (Å²) < 4.78 is 6.14. The summed E-state index contributed by atoms with van der Waals surface area (Å²) in [6.07, 6.45) is 4.50. The van der Waals surface area contributed by atoms with Gasteiger partial charge in [-0.1, -0.05) is 24.0 Å². The predicted molar refractivity (Wildman–Crippen MR) is 106 cm³/mol. The summed E-state index contributed by atoms with van der Waals surface area (Å²) in [6, 6.07) is 0.453. The second-order valence-electron chi connectivity index (χ2n) is 6.56. The van der Waals surface area contributed by atoms with Gasteiger partial charge in [0.1, 0.15) is 4.32 Å². The lowest BCUT2D eigenvalue weighted by molar-refractivity contribution is 0.0790. The van der Waals surface area contributed by atoms with E-state index in [0.717, 1.165) is 48.0 Å². The van der Waals surface area contributed by atoms with E-state index in [2.05, 4.69) is 21.6 Å². The van der Waals surface area contributed by atoms with Crippen molar-refractivity contribution in [1.82, 2.24) is 14.7 Å². The Morgan fingerprint density at radius 1 is 1.33 bits per heavy atom. The number of hydrogen-bond acceptors (Lipinski definition) is 6. The zero-order chi connectivity index (χ0) is 16.9. The third kappa shape index (κ3) is 4.71. The van der Waals surface area contributed by atoms with E-state index in [0.29, 0.717) is 12.6 Å². The summed E-state index contributed by atoms with van der Waals surface area (Å²) in [5.74, 6) is 2.34. The molecule has 0 radical (unpaired) electrons. The zero-order valence-electron chi connectivity index (χ0n) is 14.3. The molecule has 1 amide bonds. The van der Waals surface area contributed by atoms with Crippen LogP contribution in [0.25, 0.3) is 0 Å². The summed E-state index contributed by atoms with van der Waals surface area (Å²) in [5.41, 5.74) is 0. The molecular formula is C16H27N3O2S3. The van der Waals surface area contributed by atoms with Crippen LogP contribution in [0.3, 0.4) is 0 Å². The highest BCUT2D eigenvalue weighted by atomic mass is 32.2. The molecule has 3 aliphatic rings. The fraction of sp³-hybridized carbons (Fsp3) is 0.875. The quantitative estimate of drug-likeness (QED) is 0.684. The summed E-state index contributed by atoms with van der Waals surface area (Å²) >= 11 is 9.53. The Kier molecular flexibility index (Phi) is 6.95. The van der Waals surface area contributed by atoms with Crippen LogP contribution in [0.1, 0.15) is 32.6 Å². The van der Waals surface area contributed by atoms with Gasteiger partial charge in [-0.2, -0.15) is 11.8 Å². The summed E-state index contributed by atoms with van der Waals surface area (Å²) in [6.45, 7) is 5.97. The van der Waals surface area contributed by atoms with Crippen LogP contribution in [-0.2, 0) is 4.74 Å². The third-order valence-corrected chi connectivity index (χ3v) is 7.82. The third-order valence-electron chi connectivity index (χ3n) is 4.87. The van der Waals surface area contributed by atoms with Gasteiger partial charge in [-0.05, 0) is 38.4 Å². The Labute approximate surface area is 158 Å². The first-order chi connectivity index (χ1) is 11.7. The van der Waals surface area contributed by atoms with Gasteiger partial charge in [0.05, 0.1) is 19.2 Å². The number of amides is 1. The zero-order valence-corrected chi connectivity index (χ0v) is 16.8. The monoisotopic (exact) mass is 389 g/mol. The summed E-state index contributed by atoms with van der Waals surface area (Å²) in [7, 11) is 0. The lowest BCUT2D eigenvalue weighted by atomic mass is 10.0. The van der Waals surface area contributed by atoms with Gasteiger partial charge in [0.15, 0.2) is 0 Å². The number of carbonyl (C=O) groups is 1. The highest BCUT2D eigenvalue weighted by Gasteiger charge is 2.33. The van der Waals surface area contributed by atoms with Gasteiger partial charge in [0.2, 0.25) is 0 Å². The maximum Gasteiger partial charge on any atom is 0.409 e. The lowest BCUT2D eigenvalue weighted by Gasteiger charge is -2.44. The molecule has 1 atom stereocenters. The second-order valence-corrected chi connectivity index (χ2v) is 9.54. The molecule has 8 heteroatoms. The van der Waals surface area contributed by atoms with Crippen molar-refractivity contribution in [1.29, 1.82) is 0 Å². The molecule has 24 heavy (non-hydrogen) atoms. The van der Waals surface area contributed by atoms with Crippen LogP contribution >= 0.6 is 35.7 Å². The Morgan fingerprint density at radius 3 is 2.79 bits per heavy atom. The largest absolute Gasteiger partial charge is 0.450 e. The molecule has 0 aromatic heterocycles. The maximum absolute atomic E-state index is 11.8. The average Bonchev–Trinajstić information content (AvgIpc) is 3.10. The topological polar surface area (TPSA) is 36.0 Å². The average molecular weight is 390 g/mol. The van der Waals surface area contributed by atoms with E-state index in [1.165, 1.54) is 25.1 Å². The first-order valence-corrected chi connectivity index (χ1v) is 11.3. The Balaban J connectivity index is 1.49. The first kappa shape index (κ1) is 18.6. The van der Waals surface area contributed by atoms with E-state index >= 15 is 0 Å². The molecule has 0 spiro atoms. The van der Waals surface area contributed by atoms with Crippen molar-refractivity contribution >= 4 is 46.2 Å². The van der Waals surface area contributed by atoms with Crippen LogP contribution < -0.4 is 0 Å². The molecule has 1 unspecified atom stereocenters. The second kappa shape index (κ2) is 8.96. The molecule has 0 aliphatic carbocycles. The van der Waals surface area contributed by atoms with Gasteiger partial charge in [0.25, 0.3) is 0 Å². The molecule has 3 fully saturated rings. The predicted octanol–water partition coefficient (Wildman–Crippen LogP) is 3.05. The smallest absolute Gasteiger partial charge is 0.409 e. The maximum atomic E-state index is 11.8. The molecule has 0 saturated carbocycles. The van der Waals surface area contributed by atoms with E-state index in [1.807, 2.05) is 11.8 Å². The Hall–Kier alpha value is -0.180. The van der Waals surface area contributed by atoms with Crippen molar-refractivity contribution in [2.75, 3.05) is 44.5 Å². The van der Waals surface area contributed by atoms with Crippen LogP contribution in [-0.4, -0.2) is 80.9 Å². The first-order valence-electron chi connectivity index (χ1n) is 8.86. The van der Waals surface area contributed by atoms with Crippen LogP contribution in [0.2, 0.25) is 0 Å². The molecule has 3 saturated heterocycles. The van der Waals surface area contributed by atoms with Gasteiger partial charge in [0, 0.05) is 30.9 Å². The highest BCUT2D eigenvalue weighted by molar-refractivity contribution is 8.22. The van der Waals surface area contributed by atoms with E-state index in [4.69, 9.17) is 17.0 Å². The molecule has 0 bridgehead atoms. The number of rotatable bonds is 4. The minimum Gasteiger partial charge on any atom is -0.450 e. The number of carbonyl (C=O) groups excluding carboxylic acids is 1. The molecule has 3 rings (SSSR count). The fourth-order valence-electron chi connectivity index (χ4n) is 3.57. The van der Waals surface area contributed by atoms with Crippen molar-refractivity contribution < 1.29 is 9.53 Å². The molecule has 3 heterocycles. The van der Waals surface area contributed by atoms with Gasteiger partial charge in [-0.3, -0.25) is 4.90 Å². The molecule has 0 N–H and O–H groups in total. The number of thiocarbonyl (C=S) groups is 1.